The summed E-state index contributed by atoms with van der Waals surface area (Å²) in [6, 6.07) is 6.73. The molecule has 0 aliphatic carbocycles. The van der Waals surface area contributed by atoms with Gasteiger partial charge in [0.15, 0.2) is 5.78 Å². The molecule has 1 heterocycles. The monoisotopic (exact) mass is 393 g/mol. The fraction of sp³-hybridized carbons (Fsp3) is 0.235. The molecule has 0 bridgehead atoms. The summed E-state index contributed by atoms with van der Waals surface area (Å²) in [5, 5.41) is 2.53. The van der Waals surface area contributed by atoms with Gasteiger partial charge in [0.05, 0.1) is 12.2 Å². The molecule has 2 aromatic rings. The Morgan fingerprint density at radius 2 is 1.96 bits per heavy atom. The third-order valence-electron chi connectivity index (χ3n) is 3.23. The van der Waals surface area contributed by atoms with Crippen LogP contribution in [0.15, 0.2) is 33.2 Å². The lowest BCUT2D eigenvalue weighted by Gasteiger charge is -2.06. The van der Waals surface area contributed by atoms with Crippen molar-refractivity contribution in [1.82, 2.24) is 0 Å². The van der Waals surface area contributed by atoms with Crippen molar-refractivity contribution in [2.45, 2.75) is 20.8 Å². The van der Waals surface area contributed by atoms with Crippen molar-refractivity contribution in [3.8, 4) is 0 Å². The zero-order chi connectivity index (χ0) is 17.9. The maximum atomic E-state index is 12.4. The number of carbonyl (C=O) groups excluding carboxylic acids is 3. The van der Waals surface area contributed by atoms with E-state index in [4.69, 9.17) is 9.15 Å². The summed E-state index contributed by atoms with van der Waals surface area (Å²) in [5.41, 5.74) is 0.417. The molecular weight excluding hydrogens is 378 g/mol. The highest BCUT2D eigenvalue weighted by molar-refractivity contribution is 9.10. The predicted octanol–water partition coefficient (Wildman–Crippen LogP) is 3.98. The maximum Gasteiger partial charge on any atom is 0.344 e. The molecule has 0 aliphatic rings. The normalized spacial score (nSPS) is 10.3. The van der Waals surface area contributed by atoms with Crippen molar-refractivity contribution in [1.29, 1.82) is 0 Å². The van der Waals surface area contributed by atoms with Crippen molar-refractivity contribution in [3.05, 3.63) is 51.2 Å². The van der Waals surface area contributed by atoms with E-state index < -0.39 is 11.9 Å². The van der Waals surface area contributed by atoms with Gasteiger partial charge in [-0.05, 0) is 39.0 Å². The molecule has 24 heavy (non-hydrogen) atoms. The number of amides is 1. The van der Waals surface area contributed by atoms with Crippen LogP contribution >= 0.6 is 15.9 Å². The topological polar surface area (TPSA) is 85.6 Å². The Morgan fingerprint density at radius 1 is 1.25 bits per heavy atom. The highest BCUT2D eigenvalue weighted by Gasteiger charge is 2.28. The van der Waals surface area contributed by atoms with Crippen LogP contribution in [-0.4, -0.2) is 24.3 Å². The van der Waals surface area contributed by atoms with E-state index >= 15 is 0 Å². The zero-order valence-electron chi connectivity index (χ0n) is 13.4. The first-order valence-corrected chi connectivity index (χ1v) is 8.02. The van der Waals surface area contributed by atoms with Crippen LogP contribution in [0.25, 0.3) is 0 Å². The van der Waals surface area contributed by atoms with Gasteiger partial charge in [-0.1, -0.05) is 22.0 Å². The van der Waals surface area contributed by atoms with Crippen molar-refractivity contribution in [2.24, 2.45) is 0 Å². The number of halogens is 1. The van der Waals surface area contributed by atoms with Gasteiger partial charge in [0.1, 0.15) is 11.3 Å². The molecular formula is C17H16BrNO5. The molecule has 0 radical (unpaired) electrons. The summed E-state index contributed by atoms with van der Waals surface area (Å²) in [6.07, 6.45) is 0. The van der Waals surface area contributed by atoms with Crippen molar-refractivity contribution < 1.29 is 23.5 Å². The first-order chi connectivity index (χ1) is 11.3. The highest BCUT2D eigenvalue weighted by Crippen LogP contribution is 2.29. The van der Waals surface area contributed by atoms with Gasteiger partial charge in [0.2, 0.25) is 5.88 Å². The number of Topliss-reactive ketones (excluding diaryl/α,β-unsaturated/α-hetero) is 1. The first-order valence-electron chi connectivity index (χ1n) is 7.23. The summed E-state index contributed by atoms with van der Waals surface area (Å²) in [6.45, 7) is 4.66. The maximum absolute atomic E-state index is 12.4. The van der Waals surface area contributed by atoms with E-state index in [0.29, 0.717) is 5.56 Å². The van der Waals surface area contributed by atoms with Crippen LogP contribution in [0.4, 0.5) is 5.88 Å². The minimum atomic E-state index is -0.718. The van der Waals surface area contributed by atoms with Crippen molar-refractivity contribution in [3.63, 3.8) is 0 Å². The number of hydrogen-bond donors (Lipinski definition) is 1. The molecule has 0 fully saturated rings. The molecule has 2 rings (SSSR count). The minimum Gasteiger partial charge on any atom is -0.462 e. The second-order valence-electron chi connectivity index (χ2n) is 4.98. The molecule has 1 aromatic heterocycles. The van der Waals surface area contributed by atoms with Crippen LogP contribution in [0.2, 0.25) is 0 Å². The molecule has 0 saturated heterocycles. The van der Waals surface area contributed by atoms with Crippen LogP contribution in [0, 0.1) is 6.92 Å². The van der Waals surface area contributed by atoms with Crippen molar-refractivity contribution >= 4 is 39.5 Å². The molecule has 1 amide bonds. The third kappa shape index (κ3) is 3.73. The van der Waals surface area contributed by atoms with Crippen molar-refractivity contribution in [2.75, 3.05) is 11.9 Å². The predicted molar refractivity (Wildman–Crippen MR) is 91.5 cm³/mol. The summed E-state index contributed by atoms with van der Waals surface area (Å²) >= 11 is 3.29. The lowest BCUT2D eigenvalue weighted by Crippen LogP contribution is -2.16. The molecule has 0 atom stereocenters. The lowest BCUT2D eigenvalue weighted by molar-refractivity contribution is 0.0524. The van der Waals surface area contributed by atoms with E-state index in [1.807, 2.05) is 0 Å². The van der Waals surface area contributed by atoms with E-state index in [1.165, 1.54) is 6.92 Å². The number of furan rings is 1. The van der Waals surface area contributed by atoms with Crippen LogP contribution < -0.4 is 5.32 Å². The van der Waals surface area contributed by atoms with Crippen LogP contribution in [0.1, 0.15) is 50.7 Å². The fourth-order valence-electron chi connectivity index (χ4n) is 2.26. The summed E-state index contributed by atoms with van der Waals surface area (Å²) in [5.74, 6) is -1.38. The van der Waals surface area contributed by atoms with Crippen LogP contribution in [0.5, 0.6) is 0 Å². The Hall–Kier alpha value is -2.41. The second-order valence-corrected chi connectivity index (χ2v) is 5.89. The van der Waals surface area contributed by atoms with Crippen LogP contribution in [-0.2, 0) is 4.74 Å². The number of carbonyl (C=O) groups is 3. The molecule has 0 unspecified atom stereocenters. The Bertz CT molecular complexity index is 809. The largest absolute Gasteiger partial charge is 0.462 e. The molecule has 0 saturated carbocycles. The summed E-state index contributed by atoms with van der Waals surface area (Å²) in [7, 11) is 0. The number of nitrogens with one attached hydrogen (secondary N) is 1. The number of esters is 1. The SMILES string of the molecule is CCOC(=O)c1c(NC(=O)c2cccc(Br)c2)oc(C)c1C(C)=O. The molecule has 1 aromatic carbocycles. The lowest BCUT2D eigenvalue weighted by atomic mass is 10.1. The highest BCUT2D eigenvalue weighted by atomic mass is 79.9. The molecule has 0 aliphatic heterocycles. The molecule has 6 nitrogen and oxygen atoms in total. The standard InChI is InChI=1S/C17H16BrNO5/c1-4-23-17(22)14-13(9(2)20)10(3)24-16(14)19-15(21)11-6-5-7-12(18)8-11/h5-8H,4H2,1-3H3,(H,19,21). The van der Waals surface area contributed by atoms with Gasteiger partial charge in [-0.2, -0.15) is 0 Å². The van der Waals surface area contributed by atoms with E-state index in [1.54, 1.807) is 38.1 Å². The Kier molecular flexibility index (Phi) is 5.56. The Balaban J connectivity index is 2.43. The van der Waals surface area contributed by atoms with Gasteiger partial charge < -0.3 is 9.15 Å². The zero-order valence-corrected chi connectivity index (χ0v) is 15.0. The minimum absolute atomic E-state index is 0.0646. The molecule has 7 heteroatoms. The van der Waals surface area contributed by atoms with E-state index in [0.717, 1.165) is 4.47 Å². The number of anilines is 1. The number of rotatable bonds is 5. The van der Waals surface area contributed by atoms with Gasteiger partial charge in [-0.15, -0.1) is 0 Å². The van der Waals surface area contributed by atoms with E-state index in [9.17, 15) is 14.4 Å². The number of ketones is 1. The van der Waals surface area contributed by atoms with Gasteiger partial charge in [0.25, 0.3) is 5.91 Å². The molecule has 0 spiro atoms. The third-order valence-corrected chi connectivity index (χ3v) is 3.72. The van der Waals surface area contributed by atoms with Gasteiger partial charge in [-0.3, -0.25) is 14.9 Å². The summed E-state index contributed by atoms with van der Waals surface area (Å²) < 4.78 is 11.1. The fourth-order valence-corrected chi connectivity index (χ4v) is 2.66. The Labute approximate surface area is 147 Å². The second kappa shape index (κ2) is 7.44. The van der Waals surface area contributed by atoms with Gasteiger partial charge in [0, 0.05) is 10.0 Å². The number of benzene rings is 1. The molecule has 1 N–H and O–H groups in total. The summed E-state index contributed by atoms with van der Waals surface area (Å²) in [4.78, 5) is 36.4. The van der Waals surface area contributed by atoms with Gasteiger partial charge >= 0.3 is 5.97 Å². The molecule has 126 valence electrons. The first kappa shape index (κ1) is 17.9. The number of hydrogen-bond acceptors (Lipinski definition) is 5. The van der Waals surface area contributed by atoms with Crippen LogP contribution in [0.3, 0.4) is 0 Å². The van der Waals surface area contributed by atoms with E-state index in [-0.39, 0.29) is 35.2 Å². The van der Waals surface area contributed by atoms with Gasteiger partial charge in [-0.25, -0.2) is 4.79 Å². The Morgan fingerprint density at radius 3 is 2.54 bits per heavy atom. The quantitative estimate of drug-likeness (QED) is 0.613. The average Bonchev–Trinajstić information content (AvgIpc) is 2.83. The smallest absolute Gasteiger partial charge is 0.344 e. The number of aryl methyl sites for hydroxylation is 1. The average molecular weight is 394 g/mol. The number of ether oxygens (including phenoxy) is 1. The van der Waals surface area contributed by atoms with E-state index in [2.05, 4.69) is 21.2 Å².